The number of halogens is 1. The fraction of sp³-hybridized carbons (Fsp3) is 0.500. The summed E-state index contributed by atoms with van der Waals surface area (Å²) in [6.45, 7) is 4.15. The predicted octanol–water partition coefficient (Wildman–Crippen LogP) is 2.23. The lowest BCUT2D eigenvalue weighted by atomic mass is 10.0. The van der Waals surface area contributed by atoms with E-state index in [1.807, 2.05) is 0 Å². The lowest BCUT2D eigenvalue weighted by molar-refractivity contribution is 0.259. The lowest BCUT2D eigenvalue weighted by Gasteiger charge is -2.20. The highest BCUT2D eigenvalue weighted by atomic mass is 19.1. The van der Waals surface area contributed by atoms with Gasteiger partial charge in [-0.2, -0.15) is 0 Å². The van der Waals surface area contributed by atoms with Crippen LogP contribution in [0.15, 0.2) is 18.2 Å². The van der Waals surface area contributed by atoms with Gasteiger partial charge in [0, 0.05) is 6.04 Å². The van der Waals surface area contributed by atoms with Gasteiger partial charge < -0.3 is 16.2 Å². The highest BCUT2D eigenvalue weighted by Gasteiger charge is 2.11. The number of hydrogen-bond donors (Lipinski definition) is 3. The third-order valence-electron chi connectivity index (χ3n) is 2.35. The van der Waals surface area contributed by atoms with Crippen molar-refractivity contribution in [3.63, 3.8) is 0 Å². The molecule has 1 aromatic carbocycles. The summed E-state index contributed by atoms with van der Waals surface area (Å²) in [7, 11) is 0. The van der Waals surface area contributed by atoms with Crippen molar-refractivity contribution in [3.8, 4) is 0 Å². The number of nitrogen functional groups attached to an aromatic ring is 1. The molecule has 0 bridgehead atoms. The van der Waals surface area contributed by atoms with Crippen LogP contribution in [0, 0.1) is 11.7 Å². The monoisotopic (exact) mass is 226 g/mol. The Labute approximate surface area is 95.5 Å². The van der Waals surface area contributed by atoms with Gasteiger partial charge in [-0.25, -0.2) is 4.39 Å². The first-order valence-corrected chi connectivity index (χ1v) is 5.45. The van der Waals surface area contributed by atoms with Gasteiger partial charge in [0.2, 0.25) is 0 Å². The van der Waals surface area contributed by atoms with Gasteiger partial charge in [-0.1, -0.05) is 13.8 Å². The van der Waals surface area contributed by atoms with Crippen LogP contribution in [-0.2, 0) is 0 Å². The normalized spacial score (nSPS) is 12.8. The smallest absolute Gasteiger partial charge is 0.125 e. The maximum absolute atomic E-state index is 13.0. The zero-order valence-corrected chi connectivity index (χ0v) is 9.70. The molecule has 1 unspecified atom stereocenters. The van der Waals surface area contributed by atoms with Gasteiger partial charge in [0.25, 0.3) is 0 Å². The van der Waals surface area contributed by atoms with E-state index in [2.05, 4.69) is 19.2 Å². The van der Waals surface area contributed by atoms with Crippen LogP contribution in [0.1, 0.15) is 20.3 Å². The summed E-state index contributed by atoms with van der Waals surface area (Å²) in [6, 6.07) is 4.08. The number of nitrogens with one attached hydrogen (secondary N) is 1. The predicted molar refractivity (Wildman–Crippen MR) is 64.8 cm³/mol. The molecule has 16 heavy (non-hydrogen) atoms. The van der Waals surface area contributed by atoms with Crippen LogP contribution in [0.2, 0.25) is 0 Å². The molecular formula is C12H19FN2O. The molecule has 1 aromatic rings. The Morgan fingerprint density at radius 1 is 1.44 bits per heavy atom. The number of rotatable bonds is 5. The second kappa shape index (κ2) is 5.70. The van der Waals surface area contributed by atoms with Crippen molar-refractivity contribution in [1.29, 1.82) is 0 Å². The first kappa shape index (κ1) is 12.8. The Morgan fingerprint density at radius 3 is 2.69 bits per heavy atom. The number of hydrogen-bond acceptors (Lipinski definition) is 3. The Morgan fingerprint density at radius 2 is 2.12 bits per heavy atom. The summed E-state index contributed by atoms with van der Waals surface area (Å²) in [6.07, 6.45) is 0.812. The number of aliphatic hydroxyl groups excluding tert-OH is 1. The Bertz CT molecular complexity index is 342. The summed E-state index contributed by atoms with van der Waals surface area (Å²) in [5, 5.41) is 12.3. The third-order valence-corrected chi connectivity index (χ3v) is 2.35. The van der Waals surface area contributed by atoms with Gasteiger partial charge in [0.05, 0.1) is 18.0 Å². The van der Waals surface area contributed by atoms with E-state index in [4.69, 9.17) is 5.73 Å². The molecule has 0 aliphatic heterocycles. The minimum absolute atomic E-state index is 0.00807. The van der Waals surface area contributed by atoms with Crippen molar-refractivity contribution in [3.05, 3.63) is 24.0 Å². The summed E-state index contributed by atoms with van der Waals surface area (Å²) in [4.78, 5) is 0. The third kappa shape index (κ3) is 3.70. The van der Waals surface area contributed by atoms with Crippen LogP contribution in [0.4, 0.5) is 15.8 Å². The lowest BCUT2D eigenvalue weighted by Crippen LogP contribution is -2.26. The van der Waals surface area contributed by atoms with Gasteiger partial charge in [0.15, 0.2) is 0 Å². The van der Waals surface area contributed by atoms with Gasteiger partial charge in [-0.05, 0) is 30.5 Å². The van der Waals surface area contributed by atoms with Crippen LogP contribution in [0.25, 0.3) is 0 Å². The molecule has 90 valence electrons. The quantitative estimate of drug-likeness (QED) is 0.675. The molecule has 0 heterocycles. The van der Waals surface area contributed by atoms with E-state index in [0.717, 1.165) is 6.42 Å². The van der Waals surface area contributed by atoms with E-state index >= 15 is 0 Å². The summed E-state index contributed by atoms with van der Waals surface area (Å²) >= 11 is 0. The van der Waals surface area contributed by atoms with Crippen LogP contribution >= 0.6 is 0 Å². The van der Waals surface area contributed by atoms with E-state index < -0.39 is 0 Å². The molecule has 0 radical (unpaired) electrons. The molecule has 0 saturated carbocycles. The maximum Gasteiger partial charge on any atom is 0.125 e. The second-order valence-corrected chi connectivity index (χ2v) is 4.38. The fourth-order valence-electron chi connectivity index (χ4n) is 1.62. The summed E-state index contributed by atoms with van der Waals surface area (Å²) in [5.74, 6) is 0.123. The molecule has 0 aliphatic rings. The van der Waals surface area contributed by atoms with Crippen molar-refractivity contribution in [2.75, 3.05) is 17.7 Å². The minimum atomic E-state index is -0.335. The van der Waals surface area contributed by atoms with Gasteiger partial charge in [-0.15, -0.1) is 0 Å². The molecule has 1 atom stereocenters. The standard InChI is InChI=1S/C12H19FN2O/c1-8(2)5-10(7-16)15-12-6-9(13)3-4-11(12)14/h3-4,6,8,10,15-16H,5,7,14H2,1-2H3. The van der Waals surface area contributed by atoms with Gasteiger partial charge in [0.1, 0.15) is 5.82 Å². The second-order valence-electron chi connectivity index (χ2n) is 4.38. The van der Waals surface area contributed by atoms with Gasteiger partial charge >= 0.3 is 0 Å². The number of nitrogens with two attached hydrogens (primary N) is 1. The molecule has 0 aromatic heterocycles. The Kier molecular flexibility index (Phi) is 4.55. The minimum Gasteiger partial charge on any atom is -0.397 e. The number of aliphatic hydroxyl groups is 1. The fourth-order valence-corrected chi connectivity index (χ4v) is 1.62. The first-order chi connectivity index (χ1) is 7.52. The van der Waals surface area contributed by atoms with Crippen molar-refractivity contribution < 1.29 is 9.50 Å². The van der Waals surface area contributed by atoms with Crippen molar-refractivity contribution in [1.82, 2.24) is 0 Å². The molecule has 3 nitrogen and oxygen atoms in total. The SMILES string of the molecule is CC(C)CC(CO)Nc1cc(F)ccc1N. The average Bonchev–Trinajstić information content (AvgIpc) is 2.21. The molecule has 0 spiro atoms. The van der Waals surface area contributed by atoms with E-state index in [0.29, 0.717) is 17.3 Å². The molecule has 4 N–H and O–H groups in total. The zero-order chi connectivity index (χ0) is 12.1. The molecule has 0 amide bonds. The van der Waals surface area contributed by atoms with Crippen LogP contribution in [0.5, 0.6) is 0 Å². The first-order valence-electron chi connectivity index (χ1n) is 5.45. The van der Waals surface area contributed by atoms with Crippen molar-refractivity contribution in [2.24, 2.45) is 5.92 Å². The van der Waals surface area contributed by atoms with E-state index in [-0.39, 0.29) is 18.5 Å². The van der Waals surface area contributed by atoms with Crippen LogP contribution in [0.3, 0.4) is 0 Å². The number of anilines is 2. The van der Waals surface area contributed by atoms with E-state index in [1.165, 1.54) is 18.2 Å². The molecule has 0 saturated heterocycles. The molecule has 4 heteroatoms. The summed E-state index contributed by atoms with van der Waals surface area (Å²) < 4.78 is 13.0. The Balaban J connectivity index is 2.73. The highest BCUT2D eigenvalue weighted by Crippen LogP contribution is 2.21. The van der Waals surface area contributed by atoms with E-state index in [9.17, 15) is 9.50 Å². The molecule has 0 aliphatic carbocycles. The highest BCUT2D eigenvalue weighted by molar-refractivity contribution is 5.66. The average molecular weight is 226 g/mol. The van der Waals surface area contributed by atoms with Crippen molar-refractivity contribution >= 4 is 11.4 Å². The molecule has 1 rings (SSSR count). The van der Waals surface area contributed by atoms with Crippen molar-refractivity contribution in [2.45, 2.75) is 26.3 Å². The summed E-state index contributed by atoms with van der Waals surface area (Å²) in [5.41, 5.74) is 6.74. The Hall–Kier alpha value is -1.29. The van der Waals surface area contributed by atoms with Crippen LogP contribution < -0.4 is 11.1 Å². The largest absolute Gasteiger partial charge is 0.397 e. The molecular weight excluding hydrogens is 207 g/mol. The molecule has 0 fully saturated rings. The topological polar surface area (TPSA) is 58.3 Å². The van der Waals surface area contributed by atoms with E-state index in [1.54, 1.807) is 0 Å². The van der Waals surface area contributed by atoms with Crippen LogP contribution in [-0.4, -0.2) is 17.8 Å². The maximum atomic E-state index is 13.0. The zero-order valence-electron chi connectivity index (χ0n) is 9.70. The number of benzene rings is 1. The van der Waals surface area contributed by atoms with Gasteiger partial charge in [-0.3, -0.25) is 0 Å².